The van der Waals surface area contributed by atoms with Crippen molar-refractivity contribution in [3.8, 4) is 0 Å². The summed E-state index contributed by atoms with van der Waals surface area (Å²) in [6, 6.07) is 11.7. The van der Waals surface area contributed by atoms with Crippen molar-refractivity contribution in [2.24, 2.45) is 0 Å². The Kier molecular flexibility index (Phi) is 3.34. The summed E-state index contributed by atoms with van der Waals surface area (Å²) in [4.78, 5) is 17.7. The summed E-state index contributed by atoms with van der Waals surface area (Å²) < 4.78 is 13.5. The highest BCUT2D eigenvalue weighted by Gasteiger charge is 2.24. The Bertz CT molecular complexity index is 901. The van der Waals surface area contributed by atoms with Crippen molar-refractivity contribution in [3.05, 3.63) is 70.1 Å². The number of carbonyl (C=O) groups is 1. The molecule has 116 valence electrons. The van der Waals surface area contributed by atoms with Crippen LogP contribution in [0.5, 0.6) is 0 Å². The van der Waals surface area contributed by atoms with Crippen molar-refractivity contribution in [2.75, 3.05) is 6.54 Å². The van der Waals surface area contributed by atoms with Gasteiger partial charge in [-0.25, -0.2) is 4.39 Å². The number of aromatic nitrogens is 1. The SMILES string of the molecule is O=C(c1ccc(Cl)cc1)N1CCc2c([nH]c3ccc(F)cc23)C1. The first-order valence-corrected chi connectivity index (χ1v) is 7.83. The quantitative estimate of drug-likeness (QED) is 0.715. The van der Waals surface area contributed by atoms with Crippen LogP contribution >= 0.6 is 11.6 Å². The van der Waals surface area contributed by atoms with Crippen molar-refractivity contribution < 1.29 is 9.18 Å². The van der Waals surface area contributed by atoms with E-state index in [1.54, 1.807) is 41.3 Å². The Balaban J connectivity index is 1.65. The number of nitrogens with one attached hydrogen (secondary N) is 1. The number of fused-ring (bicyclic) bond motifs is 3. The normalized spacial score (nSPS) is 14.1. The van der Waals surface area contributed by atoms with Crippen LogP contribution in [0.1, 0.15) is 21.6 Å². The van der Waals surface area contributed by atoms with Gasteiger partial charge in [0, 0.05) is 33.7 Å². The maximum atomic E-state index is 13.5. The number of halogens is 2. The molecular formula is C18H14ClFN2O. The minimum atomic E-state index is -0.237. The van der Waals surface area contributed by atoms with Crippen LogP contribution in [0, 0.1) is 5.82 Å². The zero-order valence-corrected chi connectivity index (χ0v) is 13.0. The van der Waals surface area contributed by atoms with E-state index in [1.807, 2.05) is 0 Å². The van der Waals surface area contributed by atoms with Crippen LogP contribution in [0.2, 0.25) is 5.02 Å². The summed E-state index contributed by atoms with van der Waals surface area (Å²) in [5.74, 6) is -0.254. The highest BCUT2D eigenvalue weighted by atomic mass is 35.5. The molecule has 23 heavy (non-hydrogen) atoms. The molecule has 3 aromatic rings. The number of hydrogen-bond acceptors (Lipinski definition) is 1. The van der Waals surface area contributed by atoms with Crippen molar-refractivity contribution in [2.45, 2.75) is 13.0 Å². The Morgan fingerprint density at radius 1 is 1.17 bits per heavy atom. The lowest BCUT2D eigenvalue weighted by Crippen LogP contribution is -2.35. The average molecular weight is 329 g/mol. The molecular weight excluding hydrogens is 315 g/mol. The first-order valence-electron chi connectivity index (χ1n) is 7.45. The molecule has 2 aromatic carbocycles. The van der Waals surface area contributed by atoms with Crippen molar-refractivity contribution in [1.82, 2.24) is 9.88 Å². The van der Waals surface area contributed by atoms with Gasteiger partial charge in [-0.2, -0.15) is 0 Å². The van der Waals surface area contributed by atoms with Gasteiger partial charge in [-0.15, -0.1) is 0 Å². The largest absolute Gasteiger partial charge is 0.357 e. The molecule has 0 atom stereocenters. The monoisotopic (exact) mass is 328 g/mol. The van der Waals surface area contributed by atoms with Gasteiger partial charge in [0.1, 0.15) is 5.82 Å². The molecule has 0 saturated carbocycles. The maximum absolute atomic E-state index is 13.5. The fraction of sp³-hybridized carbons (Fsp3) is 0.167. The number of H-pyrrole nitrogens is 1. The van der Waals surface area contributed by atoms with E-state index in [-0.39, 0.29) is 11.7 Å². The van der Waals surface area contributed by atoms with Crippen molar-refractivity contribution in [1.29, 1.82) is 0 Å². The van der Waals surface area contributed by atoms with Crippen molar-refractivity contribution >= 4 is 28.4 Å². The molecule has 2 heterocycles. The number of amides is 1. The fourth-order valence-electron chi connectivity index (χ4n) is 3.16. The molecule has 4 rings (SSSR count). The van der Waals surface area contributed by atoms with Gasteiger partial charge in [0.15, 0.2) is 0 Å². The molecule has 0 spiro atoms. The predicted octanol–water partition coefficient (Wildman–Crippen LogP) is 4.16. The van der Waals surface area contributed by atoms with Gasteiger partial charge in [-0.1, -0.05) is 11.6 Å². The first kappa shape index (κ1) is 14.3. The lowest BCUT2D eigenvalue weighted by Gasteiger charge is -2.27. The standard InChI is InChI=1S/C18H14ClFN2O/c19-12-3-1-11(2-4-12)18(23)22-8-7-14-15-9-13(20)5-6-16(15)21-17(14)10-22/h1-6,9,21H,7-8,10H2. The van der Waals surface area contributed by atoms with Crippen LogP contribution in [-0.2, 0) is 13.0 Å². The van der Waals surface area contributed by atoms with Crippen LogP contribution in [0.4, 0.5) is 4.39 Å². The van der Waals surface area contributed by atoms with E-state index in [0.29, 0.717) is 23.7 Å². The van der Waals surface area contributed by atoms with Gasteiger partial charge in [0.25, 0.3) is 5.91 Å². The smallest absolute Gasteiger partial charge is 0.254 e. The topological polar surface area (TPSA) is 36.1 Å². The molecule has 0 aliphatic carbocycles. The second-order valence-corrected chi connectivity index (χ2v) is 6.19. The summed E-state index contributed by atoms with van der Waals surface area (Å²) in [5.41, 5.74) is 3.64. The van der Waals surface area contributed by atoms with E-state index >= 15 is 0 Å². The van der Waals surface area contributed by atoms with E-state index in [0.717, 1.165) is 28.6 Å². The lowest BCUT2D eigenvalue weighted by molar-refractivity contribution is 0.0733. The predicted molar refractivity (Wildman–Crippen MR) is 88.2 cm³/mol. The minimum absolute atomic E-state index is 0.0165. The third-order valence-corrected chi connectivity index (χ3v) is 4.57. The molecule has 0 radical (unpaired) electrons. The Morgan fingerprint density at radius 2 is 1.96 bits per heavy atom. The Hall–Kier alpha value is -2.33. The van der Waals surface area contributed by atoms with Crippen LogP contribution in [0.15, 0.2) is 42.5 Å². The van der Waals surface area contributed by atoms with Gasteiger partial charge in [0.05, 0.1) is 6.54 Å². The van der Waals surface area contributed by atoms with Crippen LogP contribution in [0.3, 0.4) is 0 Å². The second-order valence-electron chi connectivity index (χ2n) is 5.76. The van der Waals surface area contributed by atoms with Gasteiger partial charge in [0.2, 0.25) is 0 Å². The zero-order chi connectivity index (χ0) is 16.0. The second kappa shape index (κ2) is 5.39. The third-order valence-electron chi connectivity index (χ3n) is 4.32. The highest BCUT2D eigenvalue weighted by molar-refractivity contribution is 6.30. The number of hydrogen-bond donors (Lipinski definition) is 1. The highest BCUT2D eigenvalue weighted by Crippen LogP contribution is 2.28. The zero-order valence-electron chi connectivity index (χ0n) is 12.3. The molecule has 1 aliphatic heterocycles. The van der Waals surface area contributed by atoms with E-state index in [2.05, 4.69) is 4.98 Å². The molecule has 0 unspecified atom stereocenters. The third kappa shape index (κ3) is 2.49. The number of rotatable bonds is 1. The fourth-order valence-corrected chi connectivity index (χ4v) is 3.29. The summed E-state index contributed by atoms with van der Waals surface area (Å²) in [5, 5.41) is 1.53. The average Bonchev–Trinajstić information content (AvgIpc) is 2.92. The molecule has 0 bridgehead atoms. The van der Waals surface area contributed by atoms with Crippen LogP contribution < -0.4 is 0 Å². The molecule has 5 heteroatoms. The molecule has 1 aliphatic rings. The summed E-state index contributed by atoms with van der Waals surface area (Å²) >= 11 is 5.87. The summed E-state index contributed by atoms with van der Waals surface area (Å²) in [6.07, 6.45) is 0.720. The van der Waals surface area contributed by atoms with Gasteiger partial charge in [-0.05, 0) is 54.4 Å². The number of carbonyl (C=O) groups excluding carboxylic acids is 1. The lowest BCUT2D eigenvalue weighted by atomic mass is 10.0. The van der Waals surface area contributed by atoms with E-state index < -0.39 is 0 Å². The van der Waals surface area contributed by atoms with Gasteiger partial charge >= 0.3 is 0 Å². The minimum Gasteiger partial charge on any atom is -0.357 e. The molecule has 0 saturated heterocycles. The molecule has 0 fully saturated rings. The Morgan fingerprint density at radius 3 is 2.74 bits per heavy atom. The summed E-state index contributed by atoms with van der Waals surface area (Å²) in [6.45, 7) is 1.13. The molecule has 1 amide bonds. The van der Waals surface area contributed by atoms with Crippen LogP contribution in [-0.4, -0.2) is 22.3 Å². The first-order chi connectivity index (χ1) is 11.1. The number of benzene rings is 2. The number of aromatic amines is 1. The molecule has 1 N–H and O–H groups in total. The maximum Gasteiger partial charge on any atom is 0.254 e. The molecule has 3 nitrogen and oxygen atoms in total. The number of nitrogens with zero attached hydrogens (tertiary/aromatic N) is 1. The van der Waals surface area contributed by atoms with E-state index in [9.17, 15) is 9.18 Å². The van der Waals surface area contributed by atoms with Gasteiger partial charge < -0.3 is 9.88 Å². The molecule has 1 aromatic heterocycles. The van der Waals surface area contributed by atoms with Crippen molar-refractivity contribution in [3.63, 3.8) is 0 Å². The van der Waals surface area contributed by atoms with Gasteiger partial charge in [-0.3, -0.25) is 4.79 Å². The van der Waals surface area contributed by atoms with E-state index in [1.165, 1.54) is 6.07 Å². The van der Waals surface area contributed by atoms with Crippen LogP contribution in [0.25, 0.3) is 10.9 Å². The summed E-state index contributed by atoms with van der Waals surface area (Å²) in [7, 11) is 0. The Labute approximate surface area is 137 Å². The van der Waals surface area contributed by atoms with E-state index in [4.69, 9.17) is 11.6 Å².